The highest BCUT2D eigenvalue weighted by molar-refractivity contribution is 6.74. The molecule has 0 fully saturated rings. The Morgan fingerprint density at radius 1 is 0.769 bits per heavy atom. The van der Waals surface area contributed by atoms with E-state index >= 15 is 0 Å². The van der Waals surface area contributed by atoms with Crippen molar-refractivity contribution in [2.45, 2.75) is 48.1 Å². The molecule has 1 nitrogen and oxygen atoms in total. The first-order valence-corrected chi connectivity index (χ1v) is 5.83. The fraction of sp³-hybridized carbons (Fsp3) is 1.00. The second kappa shape index (κ2) is 6.47. The van der Waals surface area contributed by atoms with Crippen molar-refractivity contribution in [3.63, 3.8) is 0 Å². The Kier molecular flexibility index (Phi) is 7.72. The zero-order valence-electron chi connectivity index (χ0n) is 11.1. The van der Waals surface area contributed by atoms with E-state index in [0.717, 1.165) is 0 Å². The fourth-order valence-corrected chi connectivity index (χ4v) is 0.671. The highest BCUT2D eigenvalue weighted by Gasteiger charge is 2.10. The summed E-state index contributed by atoms with van der Waals surface area (Å²) < 4.78 is 1.21. The highest BCUT2D eigenvalue weighted by atomic mass is 15.3. The van der Waals surface area contributed by atoms with E-state index in [1.54, 1.807) is 0 Å². The zero-order valence-corrected chi connectivity index (χ0v) is 11.1. The maximum absolute atomic E-state index is 2.29. The molecule has 0 N–H and O–H groups in total. The quantitative estimate of drug-likeness (QED) is 0.469. The second-order valence-electron chi connectivity index (χ2n) is 6.03. The third-order valence-corrected chi connectivity index (χ3v) is 2.29. The number of quaternary nitrogens is 1. The van der Waals surface area contributed by atoms with E-state index in [2.05, 4.69) is 55.1 Å². The third kappa shape index (κ3) is 14.8. The Labute approximate surface area is 86.0 Å². The van der Waals surface area contributed by atoms with Crippen LogP contribution in [0.2, 0.25) is 27.3 Å². The van der Waals surface area contributed by atoms with Crippen LogP contribution in [0.25, 0.3) is 0 Å². The summed E-state index contributed by atoms with van der Waals surface area (Å²) in [5.74, 6) is 0. The molecule has 0 amide bonds. The number of rotatable bonds is 3. The topological polar surface area (TPSA) is 0 Å². The summed E-state index contributed by atoms with van der Waals surface area (Å²) in [4.78, 5) is 0. The van der Waals surface area contributed by atoms with Crippen molar-refractivity contribution in [1.29, 1.82) is 0 Å². The van der Waals surface area contributed by atoms with Gasteiger partial charge >= 0.3 is 0 Å². The molecule has 0 bridgehead atoms. The molecule has 0 saturated carbocycles. The zero-order chi connectivity index (χ0) is 11.1. The van der Waals surface area contributed by atoms with E-state index in [4.69, 9.17) is 0 Å². The van der Waals surface area contributed by atoms with E-state index in [1.807, 2.05) is 0 Å². The van der Waals surface area contributed by atoms with Gasteiger partial charge in [-0.3, -0.25) is 0 Å². The Morgan fingerprint density at radius 3 is 0.923 bits per heavy atom. The van der Waals surface area contributed by atoms with Crippen LogP contribution in [0, 0.1) is 0 Å². The van der Waals surface area contributed by atoms with Crippen LogP contribution < -0.4 is 0 Å². The maximum Gasteiger partial charge on any atom is 0.0755 e. The van der Waals surface area contributed by atoms with Gasteiger partial charge in [-0.1, -0.05) is 0 Å². The number of hydrogen-bond donors (Lipinski definition) is 0. The van der Waals surface area contributed by atoms with Gasteiger partial charge in [0.25, 0.3) is 0 Å². The van der Waals surface area contributed by atoms with Gasteiger partial charge in [-0.2, -0.15) is 27.3 Å². The minimum absolute atomic E-state index is 0. The summed E-state index contributed by atoms with van der Waals surface area (Å²) in [6.07, 6.45) is 0. The van der Waals surface area contributed by atoms with E-state index < -0.39 is 0 Å². The molecule has 0 aliphatic heterocycles. The standard InChI is InChI=1S/C7H18N.C4H12B/c1-5-8(4,6-2)7-3;1-5(2,3)4/h5-7H2,1-4H3;1-4H3/q+1;-1. The van der Waals surface area contributed by atoms with Gasteiger partial charge in [0.2, 0.25) is 0 Å². The lowest BCUT2D eigenvalue weighted by molar-refractivity contribution is -0.904. The van der Waals surface area contributed by atoms with E-state index in [1.165, 1.54) is 24.1 Å². The lowest BCUT2D eigenvalue weighted by atomic mass is 9.32. The minimum atomic E-state index is 0. The third-order valence-electron chi connectivity index (χ3n) is 2.29. The first kappa shape index (κ1) is 15.5. The molecule has 2 heteroatoms. The molecule has 0 heterocycles. The first-order valence-electron chi connectivity index (χ1n) is 5.83. The van der Waals surface area contributed by atoms with Crippen LogP contribution in [-0.4, -0.2) is 37.3 Å². The molecule has 0 aromatic heterocycles. The fourth-order valence-electron chi connectivity index (χ4n) is 0.671. The molecule has 0 aliphatic carbocycles. The van der Waals surface area contributed by atoms with Gasteiger partial charge in [0.1, 0.15) is 0 Å². The van der Waals surface area contributed by atoms with E-state index in [-0.39, 0.29) is 6.15 Å². The number of nitrogens with zero attached hydrogens (tertiary/aromatic N) is 1. The van der Waals surface area contributed by atoms with Crippen molar-refractivity contribution < 1.29 is 4.48 Å². The Morgan fingerprint density at radius 2 is 0.923 bits per heavy atom. The molecule has 0 saturated heterocycles. The van der Waals surface area contributed by atoms with Crippen LogP contribution in [0.4, 0.5) is 0 Å². The van der Waals surface area contributed by atoms with Crippen molar-refractivity contribution in [3.05, 3.63) is 0 Å². The second-order valence-corrected chi connectivity index (χ2v) is 6.03. The Hall–Kier alpha value is 0.0249. The predicted molar refractivity (Wildman–Crippen MR) is 67.0 cm³/mol. The molecule has 0 unspecified atom stereocenters. The van der Waals surface area contributed by atoms with Crippen LogP contribution in [0.3, 0.4) is 0 Å². The summed E-state index contributed by atoms with van der Waals surface area (Å²) in [5.41, 5.74) is 0. The normalized spacial score (nSPS) is 12.0. The number of hydrogen-bond acceptors (Lipinski definition) is 0. The lowest BCUT2D eigenvalue weighted by Crippen LogP contribution is -2.42. The lowest BCUT2D eigenvalue weighted by Gasteiger charge is -2.30. The van der Waals surface area contributed by atoms with Gasteiger partial charge in [-0.05, 0) is 26.9 Å². The van der Waals surface area contributed by atoms with E-state index in [9.17, 15) is 0 Å². The molecular weight excluding hydrogens is 157 g/mol. The summed E-state index contributed by atoms with van der Waals surface area (Å²) in [6, 6.07) is 0. The van der Waals surface area contributed by atoms with Crippen molar-refractivity contribution in [2.24, 2.45) is 0 Å². The first-order chi connectivity index (χ1) is 5.68. The van der Waals surface area contributed by atoms with Gasteiger partial charge in [0, 0.05) is 0 Å². The molecule has 0 atom stereocenters. The summed E-state index contributed by atoms with van der Waals surface area (Å²) in [6.45, 7) is 19.5. The van der Waals surface area contributed by atoms with Crippen LogP contribution in [0.15, 0.2) is 0 Å². The van der Waals surface area contributed by atoms with Crippen LogP contribution >= 0.6 is 0 Å². The molecular formula is C11H30BN. The van der Waals surface area contributed by atoms with Gasteiger partial charge < -0.3 is 4.48 Å². The Balaban J connectivity index is 0. The minimum Gasteiger partial charge on any atom is -0.327 e. The summed E-state index contributed by atoms with van der Waals surface area (Å²) in [7, 11) is 2.29. The molecule has 0 rings (SSSR count). The van der Waals surface area contributed by atoms with Crippen molar-refractivity contribution in [1.82, 2.24) is 0 Å². The molecule has 0 aliphatic rings. The molecule has 0 aromatic carbocycles. The molecule has 0 radical (unpaired) electrons. The monoisotopic (exact) mass is 187 g/mol. The van der Waals surface area contributed by atoms with Crippen molar-refractivity contribution >= 4 is 6.15 Å². The summed E-state index contributed by atoms with van der Waals surface area (Å²) in [5, 5.41) is 0. The van der Waals surface area contributed by atoms with Gasteiger partial charge in [-0.15, -0.1) is 0 Å². The SMILES string of the molecule is CC[N+](C)(CC)CC.C[B-](C)(C)C. The maximum atomic E-state index is 2.29. The van der Waals surface area contributed by atoms with Crippen molar-refractivity contribution in [2.75, 3.05) is 26.7 Å². The predicted octanol–water partition coefficient (Wildman–Crippen LogP) is 3.45. The molecule has 0 aromatic rings. The average Bonchev–Trinajstić information content (AvgIpc) is 2.00. The Bertz CT molecular complexity index is 97.5. The smallest absolute Gasteiger partial charge is 0.0755 e. The molecule has 13 heavy (non-hydrogen) atoms. The van der Waals surface area contributed by atoms with Gasteiger partial charge in [0.05, 0.1) is 26.7 Å². The average molecular weight is 187 g/mol. The highest BCUT2D eigenvalue weighted by Crippen LogP contribution is 1.97. The molecule has 82 valence electrons. The largest absolute Gasteiger partial charge is 0.327 e. The van der Waals surface area contributed by atoms with E-state index in [0.29, 0.717) is 0 Å². The van der Waals surface area contributed by atoms with Crippen LogP contribution in [0.1, 0.15) is 20.8 Å². The summed E-state index contributed by atoms with van der Waals surface area (Å²) >= 11 is 0. The van der Waals surface area contributed by atoms with Crippen molar-refractivity contribution in [3.8, 4) is 0 Å². The van der Waals surface area contributed by atoms with Crippen LogP contribution in [0.5, 0.6) is 0 Å². The van der Waals surface area contributed by atoms with Crippen LogP contribution in [-0.2, 0) is 0 Å². The molecule has 0 spiro atoms. The van der Waals surface area contributed by atoms with Gasteiger partial charge in [0.15, 0.2) is 0 Å². The van der Waals surface area contributed by atoms with Gasteiger partial charge in [-0.25, -0.2) is 0 Å².